The first kappa shape index (κ1) is 19.8. The highest BCUT2D eigenvalue weighted by atomic mass is 16.6. The highest BCUT2D eigenvalue weighted by Gasteiger charge is 2.59. The van der Waals surface area contributed by atoms with E-state index >= 15 is 0 Å². The molecular formula is C23H17N3O6. The second-order valence-electron chi connectivity index (χ2n) is 7.94. The van der Waals surface area contributed by atoms with Gasteiger partial charge in [0.2, 0.25) is 5.75 Å². The number of nitro benzene ring substituents is 1. The van der Waals surface area contributed by atoms with E-state index in [0.29, 0.717) is 0 Å². The summed E-state index contributed by atoms with van der Waals surface area (Å²) in [5.41, 5.74) is -0.118. The minimum atomic E-state index is -0.778. The van der Waals surface area contributed by atoms with Gasteiger partial charge in [-0.2, -0.15) is 10.1 Å². The molecule has 4 atom stereocenters. The fourth-order valence-electron chi connectivity index (χ4n) is 4.75. The van der Waals surface area contributed by atoms with E-state index < -0.39 is 28.4 Å². The number of benzene rings is 2. The van der Waals surface area contributed by atoms with Gasteiger partial charge >= 0.3 is 11.7 Å². The van der Waals surface area contributed by atoms with Crippen molar-refractivity contribution < 1.29 is 24.0 Å². The van der Waals surface area contributed by atoms with Crippen molar-refractivity contribution in [2.75, 3.05) is 0 Å². The summed E-state index contributed by atoms with van der Waals surface area (Å²) in [5.74, 6) is -2.56. The van der Waals surface area contributed by atoms with Crippen LogP contribution < -0.4 is 4.74 Å². The molecule has 32 heavy (non-hydrogen) atoms. The molecule has 2 fully saturated rings. The van der Waals surface area contributed by atoms with Gasteiger partial charge in [0, 0.05) is 11.6 Å². The highest BCUT2D eigenvalue weighted by molar-refractivity contribution is 6.07. The SMILES string of the molecule is O=C(Oc1c(C=NN2C(=O)C3C4C=CC(C4)C3C2=O)cccc1[N+](=O)[O-])c1ccccc1. The second kappa shape index (κ2) is 7.52. The number of amides is 2. The summed E-state index contributed by atoms with van der Waals surface area (Å²) < 4.78 is 5.34. The molecule has 2 aromatic rings. The number of allylic oxidation sites excluding steroid dienone is 2. The van der Waals surface area contributed by atoms with Crippen LogP contribution in [0, 0.1) is 33.8 Å². The number of carbonyl (C=O) groups is 3. The topological polar surface area (TPSA) is 119 Å². The fraction of sp³-hybridized carbons (Fsp3) is 0.217. The molecule has 1 saturated carbocycles. The van der Waals surface area contributed by atoms with Gasteiger partial charge in [0.1, 0.15) is 0 Å². The molecule has 2 bridgehead atoms. The zero-order chi connectivity index (χ0) is 22.4. The monoisotopic (exact) mass is 431 g/mol. The smallest absolute Gasteiger partial charge is 0.343 e. The normalized spacial score (nSPS) is 25.6. The van der Waals surface area contributed by atoms with Crippen molar-refractivity contribution in [3.8, 4) is 5.75 Å². The van der Waals surface area contributed by atoms with Crippen LogP contribution in [-0.4, -0.2) is 33.9 Å². The van der Waals surface area contributed by atoms with Gasteiger partial charge in [-0.25, -0.2) is 4.79 Å². The quantitative estimate of drug-likeness (QED) is 0.137. The Balaban J connectivity index is 1.45. The number of fused-ring (bicyclic) bond motifs is 5. The molecule has 5 rings (SSSR count). The lowest BCUT2D eigenvalue weighted by atomic mass is 9.85. The van der Waals surface area contributed by atoms with Crippen molar-refractivity contribution in [1.82, 2.24) is 5.01 Å². The third kappa shape index (κ3) is 3.09. The average Bonchev–Trinajstić information content (AvgIpc) is 3.48. The maximum absolute atomic E-state index is 12.8. The van der Waals surface area contributed by atoms with Crippen LogP contribution in [0.25, 0.3) is 0 Å². The van der Waals surface area contributed by atoms with Gasteiger partial charge in [-0.05, 0) is 36.5 Å². The molecule has 0 N–H and O–H groups in total. The maximum atomic E-state index is 12.8. The first-order valence-electron chi connectivity index (χ1n) is 10.1. The molecule has 0 radical (unpaired) electrons. The Bertz CT molecular complexity index is 1180. The number of ether oxygens (including phenoxy) is 1. The van der Waals surface area contributed by atoms with Gasteiger partial charge in [0.05, 0.1) is 28.5 Å². The Morgan fingerprint density at radius 1 is 1.03 bits per heavy atom. The average molecular weight is 431 g/mol. The van der Waals surface area contributed by atoms with Gasteiger partial charge < -0.3 is 4.74 Å². The minimum Gasteiger partial charge on any atom is -0.415 e. The van der Waals surface area contributed by atoms with Gasteiger partial charge in [0.15, 0.2) is 0 Å². The molecule has 0 spiro atoms. The summed E-state index contributed by atoms with van der Waals surface area (Å²) in [7, 11) is 0. The van der Waals surface area contributed by atoms with E-state index in [1.807, 2.05) is 12.2 Å². The van der Waals surface area contributed by atoms with Crippen LogP contribution in [0.2, 0.25) is 0 Å². The number of para-hydroxylation sites is 1. The fourth-order valence-corrected chi connectivity index (χ4v) is 4.75. The number of esters is 1. The summed E-state index contributed by atoms with van der Waals surface area (Å²) in [6, 6.07) is 12.1. The molecule has 2 aromatic carbocycles. The van der Waals surface area contributed by atoms with Crippen LogP contribution in [0.3, 0.4) is 0 Å². The molecule has 9 heteroatoms. The van der Waals surface area contributed by atoms with Crippen molar-refractivity contribution in [3.05, 3.63) is 81.9 Å². The van der Waals surface area contributed by atoms with Gasteiger partial charge in [-0.1, -0.05) is 36.4 Å². The van der Waals surface area contributed by atoms with Crippen LogP contribution in [-0.2, 0) is 9.59 Å². The minimum absolute atomic E-state index is 0.0434. The maximum Gasteiger partial charge on any atom is 0.343 e. The Morgan fingerprint density at radius 3 is 2.31 bits per heavy atom. The number of imide groups is 1. The van der Waals surface area contributed by atoms with E-state index in [9.17, 15) is 24.5 Å². The summed E-state index contributed by atoms with van der Waals surface area (Å²) in [4.78, 5) is 48.9. The molecule has 3 aliphatic rings. The summed E-state index contributed by atoms with van der Waals surface area (Å²) in [6.45, 7) is 0. The number of rotatable bonds is 5. The van der Waals surface area contributed by atoms with Crippen molar-refractivity contribution in [2.24, 2.45) is 28.8 Å². The number of nitro groups is 1. The lowest BCUT2D eigenvalue weighted by Crippen LogP contribution is -2.28. The molecule has 2 aliphatic carbocycles. The standard InChI is InChI=1S/C23H17N3O6/c27-21-18-14-9-10-15(11-14)19(18)22(28)25(21)24-12-16-7-4-8-17(26(30)31)20(16)32-23(29)13-5-2-1-3-6-13/h1-10,12,14-15,18-19H,11H2. The van der Waals surface area contributed by atoms with Gasteiger partial charge in [-0.3, -0.25) is 19.7 Å². The van der Waals surface area contributed by atoms with Crippen molar-refractivity contribution in [2.45, 2.75) is 6.42 Å². The van der Waals surface area contributed by atoms with Crippen molar-refractivity contribution in [3.63, 3.8) is 0 Å². The summed E-state index contributed by atoms with van der Waals surface area (Å²) >= 11 is 0. The molecule has 9 nitrogen and oxygen atoms in total. The number of hydrogen-bond acceptors (Lipinski definition) is 7. The van der Waals surface area contributed by atoms with E-state index in [-0.39, 0.29) is 40.5 Å². The van der Waals surface area contributed by atoms with Gasteiger partial charge in [0.25, 0.3) is 11.8 Å². The summed E-state index contributed by atoms with van der Waals surface area (Å²) in [5, 5.41) is 16.4. The van der Waals surface area contributed by atoms with E-state index in [4.69, 9.17) is 4.74 Å². The van der Waals surface area contributed by atoms with Crippen molar-refractivity contribution in [1.29, 1.82) is 0 Å². The van der Waals surface area contributed by atoms with E-state index in [1.54, 1.807) is 18.2 Å². The van der Waals surface area contributed by atoms with Crippen LogP contribution >= 0.6 is 0 Å². The van der Waals surface area contributed by atoms with Crippen LogP contribution in [0.1, 0.15) is 22.3 Å². The zero-order valence-electron chi connectivity index (χ0n) is 16.7. The molecule has 4 unspecified atom stereocenters. The number of nitrogens with zero attached hydrogens (tertiary/aromatic N) is 3. The molecule has 1 heterocycles. The molecule has 2 amide bonds. The Hall–Kier alpha value is -4.14. The predicted molar refractivity (Wildman–Crippen MR) is 112 cm³/mol. The third-order valence-corrected chi connectivity index (χ3v) is 6.19. The van der Waals surface area contributed by atoms with Crippen LogP contribution in [0.4, 0.5) is 5.69 Å². The predicted octanol–water partition coefficient (Wildman–Crippen LogP) is 2.96. The second-order valence-corrected chi connectivity index (χ2v) is 7.94. The van der Waals surface area contributed by atoms with Crippen LogP contribution in [0.5, 0.6) is 5.75 Å². The number of hydrazone groups is 1. The lowest BCUT2D eigenvalue weighted by Gasteiger charge is -2.13. The molecule has 0 aromatic heterocycles. The zero-order valence-corrected chi connectivity index (χ0v) is 16.7. The third-order valence-electron chi connectivity index (χ3n) is 6.19. The lowest BCUT2D eigenvalue weighted by molar-refractivity contribution is -0.385. The van der Waals surface area contributed by atoms with Gasteiger partial charge in [-0.15, -0.1) is 0 Å². The molecular weight excluding hydrogens is 414 g/mol. The first-order valence-corrected chi connectivity index (χ1v) is 10.1. The Labute approximate surface area is 182 Å². The number of carbonyl (C=O) groups excluding carboxylic acids is 3. The Morgan fingerprint density at radius 2 is 1.69 bits per heavy atom. The highest BCUT2D eigenvalue weighted by Crippen LogP contribution is 2.52. The Kier molecular flexibility index (Phi) is 4.66. The number of hydrogen-bond donors (Lipinski definition) is 0. The van der Waals surface area contributed by atoms with Crippen molar-refractivity contribution >= 4 is 29.7 Å². The van der Waals surface area contributed by atoms with E-state index in [2.05, 4.69) is 5.10 Å². The largest absolute Gasteiger partial charge is 0.415 e. The molecule has 1 saturated heterocycles. The summed E-state index contributed by atoms with van der Waals surface area (Å²) in [6.07, 6.45) is 5.90. The van der Waals surface area contributed by atoms with E-state index in [0.717, 1.165) is 17.6 Å². The van der Waals surface area contributed by atoms with Crippen LogP contribution in [0.15, 0.2) is 65.8 Å². The molecule has 160 valence electrons. The van der Waals surface area contributed by atoms with E-state index in [1.165, 1.54) is 30.3 Å². The molecule has 1 aliphatic heterocycles. The first-order chi connectivity index (χ1) is 15.5.